The van der Waals surface area contributed by atoms with Crippen LogP contribution < -0.4 is 5.32 Å². The van der Waals surface area contributed by atoms with Crippen molar-refractivity contribution < 1.29 is 0 Å². The van der Waals surface area contributed by atoms with Crippen molar-refractivity contribution in [3.8, 4) is 0 Å². The highest BCUT2D eigenvalue weighted by molar-refractivity contribution is 7.12. The summed E-state index contributed by atoms with van der Waals surface area (Å²) in [5.74, 6) is 0. The van der Waals surface area contributed by atoms with Crippen LogP contribution in [0.1, 0.15) is 43.0 Å². The minimum absolute atomic E-state index is 0.565. The highest BCUT2D eigenvalue weighted by Crippen LogP contribution is 2.25. The van der Waals surface area contributed by atoms with E-state index in [2.05, 4.69) is 38.2 Å². The van der Waals surface area contributed by atoms with Crippen molar-refractivity contribution in [1.82, 2.24) is 5.32 Å². The van der Waals surface area contributed by atoms with E-state index in [1.165, 1.54) is 16.2 Å². The van der Waals surface area contributed by atoms with Gasteiger partial charge in [-0.15, -0.1) is 11.3 Å². The van der Waals surface area contributed by atoms with Crippen molar-refractivity contribution in [2.24, 2.45) is 0 Å². The molecule has 0 amide bonds. The Balaban J connectivity index is 2.67. The molecule has 0 fully saturated rings. The summed E-state index contributed by atoms with van der Waals surface area (Å²) in [4.78, 5) is 2.98. The van der Waals surface area contributed by atoms with Gasteiger partial charge in [0.1, 0.15) is 0 Å². The molecule has 1 nitrogen and oxygen atoms in total. The molecule has 1 unspecified atom stereocenters. The Morgan fingerprint density at radius 1 is 1.31 bits per heavy atom. The van der Waals surface area contributed by atoms with E-state index in [4.69, 9.17) is 0 Å². The molecule has 0 aliphatic heterocycles. The fourth-order valence-electron chi connectivity index (χ4n) is 1.46. The second-order valence-electron chi connectivity index (χ2n) is 3.18. The van der Waals surface area contributed by atoms with Gasteiger partial charge in [-0.3, -0.25) is 0 Å². The largest absolute Gasteiger partial charge is 0.310 e. The topological polar surface area (TPSA) is 12.0 Å². The van der Waals surface area contributed by atoms with Crippen molar-refractivity contribution in [2.75, 3.05) is 6.54 Å². The number of aryl methyl sites for hydroxylation is 1. The maximum absolute atomic E-state index is 3.50. The predicted molar refractivity (Wildman–Crippen MR) is 60.4 cm³/mol. The van der Waals surface area contributed by atoms with Crippen molar-refractivity contribution >= 4 is 11.3 Å². The molecule has 1 rings (SSSR count). The van der Waals surface area contributed by atoms with Crippen LogP contribution in [0.2, 0.25) is 0 Å². The van der Waals surface area contributed by atoms with Crippen molar-refractivity contribution in [3.63, 3.8) is 0 Å². The van der Waals surface area contributed by atoms with E-state index in [9.17, 15) is 0 Å². The van der Waals surface area contributed by atoms with E-state index in [0.717, 1.165) is 13.0 Å². The Kier molecular flexibility index (Phi) is 4.46. The van der Waals surface area contributed by atoms with E-state index < -0.39 is 0 Å². The maximum Gasteiger partial charge on any atom is 0.0412 e. The standard InChI is InChI=1S/C11H19NS/c1-4-9-7-8-11(13-9)10(5-2)12-6-3/h7-8,10,12H,4-6H2,1-3H3. The average molecular weight is 197 g/mol. The second kappa shape index (κ2) is 5.40. The molecule has 0 spiro atoms. The summed E-state index contributed by atoms with van der Waals surface area (Å²) in [6, 6.07) is 5.08. The lowest BCUT2D eigenvalue weighted by molar-refractivity contribution is 0.545. The van der Waals surface area contributed by atoms with Gasteiger partial charge in [0.05, 0.1) is 0 Å². The molecule has 13 heavy (non-hydrogen) atoms. The van der Waals surface area contributed by atoms with Crippen LogP contribution in [0.25, 0.3) is 0 Å². The summed E-state index contributed by atoms with van der Waals surface area (Å²) < 4.78 is 0. The van der Waals surface area contributed by atoms with Gasteiger partial charge in [-0.2, -0.15) is 0 Å². The third kappa shape index (κ3) is 2.82. The molecule has 1 aromatic heterocycles. The zero-order valence-corrected chi connectivity index (χ0v) is 9.58. The molecule has 0 bridgehead atoms. The van der Waals surface area contributed by atoms with Crippen LogP contribution >= 0.6 is 11.3 Å². The summed E-state index contributed by atoms with van der Waals surface area (Å²) in [6.45, 7) is 7.66. The minimum Gasteiger partial charge on any atom is -0.310 e. The first kappa shape index (κ1) is 10.7. The number of rotatable bonds is 5. The average Bonchev–Trinajstić information content (AvgIpc) is 2.62. The summed E-state index contributed by atoms with van der Waals surface area (Å²) in [7, 11) is 0. The first-order chi connectivity index (χ1) is 6.31. The Hall–Kier alpha value is -0.340. The van der Waals surface area contributed by atoms with Gasteiger partial charge in [0, 0.05) is 15.8 Å². The molecule has 74 valence electrons. The van der Waals surface area contributed by atoms with Crippen molar-refractivity contribution in [1.29, 1.82) is 0 Å². The lowest BCUT2D eigenvalue weighted by Gasteiger charge is -2.13. The van der Waals surface area contributed by atoms with Crippen LogP contribution in [0.15, 0.2) is 12.1 Å². The molecule has 1 atom stereocenters. The van der Waals surface area contributed by atoms with Gasteiger partial charge in [-0.05, 0) is 31.5 Å². The van der Waals surface area contributed by atoms with Crippen molar-refractivity contribution in [2.45, 2.75) is 39.7 Å². The van der Waals surface area contributed by atoms with Gasteiger partial charge < -0.3 is 5.32 Å². The molecule has 1 aromatic rings. The maximum atomic E-state index is 3.50. The van der Waals surface area contributed by atoms with Crippen LogP contribution in [0.3, 0.4) is 0 Å². The zero-order valence-electron chi connectivity index (χ0n) is 8.76. The monoisotopic (exact) mass is 197 g/mol. The third-order valence-corrected chi connectivity index (χ3v) is 3.58. The van der Waals surface area contributed by atoms with E-state index in [0.29, 0.717) is 6.04 Å². The van der Waals surface area contributed by atoms with Gasteiger partial charge >= 0.3 is 0 Å². The lowest BCUT2D eigenvalue weighted by Crippen LogP contribution is -2.18. The van der Waals surface area contributed by atoms with Crippen LogP contribution in [0.5, 0.6) is 0 Å². The second-order valence-corrected chi connectivity index (χ2v) is 4.38. The Morgan fingerprint density at radius 2 is 2.08 bits per heavy atom. The van der Waals surface area contributed by atoms with E-state index in [1.54, 1.807) is 0 Å². The molecule has 1 heterocycles. The fourth-order valence-corrected chi connectivity index (χ4v) is 2.58. The highest BCUT2D eigenvalue weighted by Gasteiger charge is 2.09. The van der Waals surface area contributed by atoms with Gasteiger partial charge in [0.2, 0.25) is 0 Å². The molecule has 0 saturated heterocycles. The van der Waals surface area contributed by atoms with Crippen LogP contribution in [-0.4, -0.2) is 6.54 Å². The molecular formula is C11H19NS. The number of thiophene rings is 1. The minimum atomic E-state index is 0.565. The number of hydrogen-bond acceptors (Lipinski definition) is 2. The van der Waals surface area contributed by atoms with E-state index in [-0.39, 0.29) is 0 Å². The zero-order chi connectivity index (χ0) is 9.68. The Morgan fingerprint density at radius 3 is 2.54 bits per heavy atom. The van der Waals surface area contributed by atoms with Gasteiger partial charge in [0.25, 0.3) is 0 Å². The molecule has 0 aliphatic carbocycles. The van der Waals surface area contributed by atoms with Gasteiger partial charge in [-0.25, -0.2) is 0 Å². The molecule has 0 aromatic carbocycles. The molecule has 0 radical (unpaired) electrons. The van der Waals surface area contributed by atoms with Gasteiger partial charge in [0.15, 0.2) is 0 Å². The predicted octanol–water partition coefficient (Wildman–Crippen LogP) is 3.37. The van der Waals surface area contributed by atoms with Crippen LogP contribution in [0.4, 0.5) is 0 Å². The van der Waals surface area contributed by atoms with Crippen molar-refractivity contribution in [3.05, 3.63) is 21.9 Å². The van der Waals surface area contributed by atoms with Crippen LogP contribution in [0, 0.1) is 0 Å². The smallest absolute Gasteiger partial charge is 0.0412 e. The lowest BCUT2D eigenvalue weighted by atomic mass is 10.2. The molecular weight excluding hydrogens is 178 g/mol. The summed E-state index contributed by atoms with van der Waals surface area (Å²) in [5.41, 5.74) is 0. The highest BCUT2D eigenvalue weighted by atomic mass is 32.1. The van der Waals surface area contributed by atoms with Crippen LogP contribution in [-0.2, 0) is 6.42 Å². The Bertz CT molecular complexity index is 242. The van der Waals surface area contributed by atoms with E-state index >= 15 is 0 Å². The number of nitrogens with one attached hydrogen (secondary N) is 1. The molecule has 1 N–H and O–H groups in total. The molecule has 0 aliphatic rings. The first-order valence-corrected chi connectivity index (χ1v) is 5.95. The number of hydrogen-bond donors (Lipinski definition) is 1. The normalized spacial score (nSPS) is 13.2. The third-order valence-electron chi connectivity index (χ3n) is 2.23. The molecule has 2 heteroatoms. The Labute approximate surface area is 85.2 Å². The van der Waals surface area contributed by atoms with E-state index in [1.807, 2.05) is 11.3 Å². The fraction of sp³-hybridized carbons (Fsp3) is 0.636. The quantitative estimate of drug-likeness (QED) is 0.763. The summed E-state index contributed by atoms with van der Waals surface area (Å²) in [6.07, 6.45) is 2.34. The molecule has 0 saturated carbocycles. The van der Waals surface area contributed by atoms with Gasteiger partial charge in [-0.1, -0.05) is 20.8 Å². The SMILES string of the molecule is CCNC(CC)c1ccc(CC)s1. The first-order valence-electron chi connectivity index (χ1n) is 5.13. The summed E-state index contributed by atoms with van der Waals surface area (Å²) in [5, 5.41) is 3.50. The summed E-state index contributed by atoms with van der Waals surface area (Å²) >= 11 is 1.94.